The van der Waals surface area contributed by atoms with Crippen LogP contribution in [0.25, 0.3) is 0 Å². The average molecular weight is 263 g/mol. The van der Waals surface area contributed by atoms with Crippen molar-refractivity contribution in [3.05, 3.63) is 35.4 Å². The van der Waals surface area contributed by atoms with Gasteiger partial charge in [0.15, 0.2) is 0 Å². The van der Waals surface area contributed by atoms with Crippen molar-refractivity contribution in [2.24, 2.45) is 0 Å². The lowest BCUT2D eigenvalue weighted by Gasteiger charge is -2.27. The van der Waals surface area contributed by atoms with Crippen LogP contribution in [0, 0.1) is 0 Å². The minimum absolute atomic E-state index is 0.309. The maximum absolute atomic E-state index is 12.1. The Hall–Kier alpha value is -1.55. The van der Waals surface area contributed by atoms with Gasteiger partial charge >= 0.3 is 6.09 Å². The zero-order chi connectivity index (χ0) is 14.0. The van der Waals surface area contributed by atoms with E-state index in [2.05, 4.69) is 0 Å². The molecule has 1 aromatic rings. The van der Waals surface area contributed by atoms with Gasteiger partial charge in [-0.25, -0.2) is 4.79 Å². The van der Waals surface area contributed by atoms with Crippen molar-refractivity contribution in [1.29, 1.82) is 0 Å². The van der Waals surface area contributed by atoms with Crippen LogP contribution in [-0.2, 0) is 17.7 Å². The van der Waals surface area contributed by atoms with Gasteiger partial charge in [-0.3, -0.25) is 0 Å². The van der Waals surface area contributed by atoms with Gasteiger partial charge in [-0.2, -0.15) is 0 Å². The second-order valence-corrected chi connectivity index (χ2v) is 5.99. The lowest BCUT2D eigenvalue weighted by atomic mass is 10.0. The fraction of sp³-hybridized carbons (Fsp3) is 0.533. The Morgan fingerprint density at radius 3 is 2.58 bits per heavy atom. The quantitative estimate of drug-likeness (QED) is 0.781. The number of carbonyl (C=O) groups excluding carboxylic acids is 1. The van der Waals surface area contributed by atoms with Crippen LogP contribution in [0.15, 0.2) is 24.3 Å². The third-order valence-corrected chi connectivity index (χ3v) is 3.02. The van der Waals surface area contributed by atoms with Gasteiger partial charge in [0, 0.05) is 13.0 Å². The largest absolute Gasteiger partial charge is 0.444 e. The number of aliphatic hydroxyl groups is 1. The lowest BCUT2D eigenvalue weighted by molar-refractivity contribution is 0.0143. The molecule has 4 nitrogen and oxygen atoms in total. The molecule has 2 rings (SSSR count). The second-order valence-electron chi connectivity index (χ2n) is 5.99. The Balaban J connectivity index is 2.17. The zero-order valence-electron chi connectivity index (χ0n) is 11.7. The van der Waals surface area contributed by atoms with E-state index in [1.807, 2.05) is 45.0 Å². The van der Waals surface area contributed by atoms with Crippen LogP contribution in [0.3, 0.4) is 0 Å². The minimum atomic E-state index is -0.545. The summed E-state index contributed by atoms with van der Waals surface area (Å²) in [7, 11) is 0. The number of β-amino-alcohol motifs (C(OH)–C–C–N with tert-alkyl or cyclic N) is 1. The van der Waals surface area contributed by atoms with Gasteiger partial charge in [-0.15, -0.1) is 0 Å². The smallest absolute Gasteiger partial charge is 0.410 e. The highest BCUT2D eigenvalue weighted by molar-refractivity contribution is 5.68. The number of ether oxygens (including phenoxy) is 1. The Bertz CT molecular complexity index is 465. The molecule has 0 fully saturated rings. The number of hydrogen-bond donors (Lipinski definition) is 1. The fourth-order valence-electron chi connectivity index (χ4n) is 2.22. The predicted molar refractivity (Wildman–Crippen MR) is 72.8 cm³/mol. The van der Waals surface area contributed by atoms with Gasteiger partial charge in [-0.1, -0.05) is 24.3 Å². The number of carbonyl (C=O) groups is 1. The minimum Gasteiger partial charge on any atom is -0.444 e. The molecule has 104 valence electrons. The van der Waals surface area contributed by atoms with Crippen LogP contribution in [0.2, 0.25) is 0 Å². The van der Waals surface area contributed by atoms with Crippen molar-refractivity contribution in [1.82, 2.24) is 4.90 Å². The van der Waals surface area contributed by atoms with Gasteiger partial charge in [0.05, 0.1) is 12.6 Å². The summed E-state index contributed by atoms with van der Waals surface area (Å²) < 4.78 is 5.37. The zero-order valence-corrected chi connectivity index (χ0v) is 11.7. The van der Waals surface area contributed by atoms with Crippen molar-refractivity contribution in [3.8, 4) is 0 Å². The molecule has 1 aliphatic heterocycles. The summed E-state index contributed by atoms with van der Waals surface area (Å²) in [6, 6.07) is 7.89. The molecule has 1 aliphatic rings. The van der Waals surface area contributed by atoms with E-state index in [0.717, 1.165) is 11.1 Å². The monoisotopic (exact) mass is 263 g/mol. The average Bonchev–Trinajstić information content (AvgIpc) is 2.44. The first-order valence-electron chi connectivity index (χ1n) is 6.58. The van der Waals surface area contributed by atoms with Gasteiger partial charge in [0.1, 0.15) is 5.60 Å². The Morgan fingerprint density at radius 1 is 1.32 bits per heavy atom. The van der Waals surface area contributed by atoms with Crippen molar-refractivity contribution < 1.29 is 14.6 Å². The summed E-state index contributed by atoms with van der Waals surface area (Å²) in [6.07, 6.45) is -0.338. The van der Waals surface area contributed by atoms with Crippen LogP contribution in [0.4, 0.5) is 4.79 Å². The summed E-state index contributed by atoms with van der Waals surface area (Å²) in [5, 5.41) is 10.0. The third-order valence-electron chi connectivity index (χ3n) is 3.02. The van der Waals surface area contributed by atoms with E-state index in [1.165, 1.54) is 0 Å². The second kappa shape index (κ2) is 5.21. The molecule has 1 atom stereocenters. The molecule has 0 aliphatic carbocycles. The molecule has 1 N–H and O–H groups in total. The molecule has 1 unspecified atom stereocenters. The summed E-state index contributed by atoms with van der Waals surface area (Å²) in [4.78, 5) is 13.7. The Labute approximate surface area is 114 Å². The van der Waals surface area contributed by atoms with Crippen LogP contribution >= 0.6 is 0 Å². The Kier molecular flexibility index (Phi) is 3.80. The van der Waals surface area contributed by atoms with Crippen LogP contribution in [0.1, 0.15) is 31.9 Å². The number of amides is 1. The SMILES string of the molecule is CC(C)(C)OC(=O)N1Cc2ccccc2CC(O)C1. The number of fused-ring (bicyclic) bond motifs is 1. The number of nitrogens with zero attached hydrogens (tertiary/aromatic N) is 1. The fourth-order valence-corrected chi connectivity index (χ4v) is 2.22. The van der Waals surface area contributed by atoms with Crippen LogP contribution in [-0.4, -0.2) is 34.3 Å². The van der Waals surface area contributed by atoms with Crippen LogP contribution in [0.5, 0.6) is 0 Å². The van der Waals surface area contributed by atoms with Gasteiger partial charge in [-0.05, 0) is 31.9 Å². The molecule has 0 aromatic heterocycles. The first kappa shape index (κ1) is 13.9. The molecule has 0 spiro atoms. The summed E-state index contributed by atoms with van der Waals surface area (Å²) in [5.74, 6) is 0. The molecule has 1 aromatic carbocycles. The summed E-state index contributed by atoms with van der Waals surface area (Å²) in [6.45, 7) is 6.32. The molecular formula is C15H21NO3. The normalized spacial score (nSPS) is 19.6. The van der Waals surface area contributed by atoms with Crippen molar-refractivity contribution in [3.63, 3.8) is 0 Å². The van der Waals surface area contributed by atoms with Crippen molar-refractivity contribution >= 4 is 6.09 Å². The highest BCUT2D eigenvalue weighted by Crippen LogP contribution is 2.20. The van der Waals surface area contributed by atoms with Crippen molar-refractivity contribution in [2.75, 3.05) is 6.54 Å². The number of rotatable bonds is 0. The Morgan fingerprint density at radius 2 is 1.95 bits per heavy atom. The first-order valence-corrected chi connectivity index (χ1v) is 6.58. The predicted octanol–water partition coefficient (Wildman–Crippen LogP) is 2.34. The molecule has 0 bridgehead atoms. The molecule has 4 heteroatoms. The highest BCUT2D eigenvalue weighted by atomic mass is 16.6. The summed E-state index contributed by atoms with van der Waals surface area (Å²) in [5.41, 5.74) is 1.65. The molecule has 0 saturated heterocycles. The topological polar surface area (TPSA) is 49.8 Å². The van der Waals surface area contributed by atoms with E-state index >= 15 is 0 Å². The molecular weight excluding hydrogens is 242 g/mol. The maximum atomic E-state index is 12.1. The molecule has 0 saturated carbocycles. The van der Waals surface area contributed by atoms with Gasteiger partial charge in [0.2, 0.25) is 0 Å². The van der Waals surface area contributed by atoms with Crippen LogP contribution < -0.4 is 0 Å². The molecule has 1 amide bonds. The highest BCUT2D eigenvalue weighted by Gasteiger charge is 2.27. The van der Waals surface area contributed by atoms with E-state index in [4.69, 9.17) is 4.74 Å². The molecule has 1 heterocycles. The number of benzene rings is 1. The maximum Gasteiger partial charge on any atom is 0.410 e. The summed E-state index contributed by atoms with van der Waals surface area (Å²) >= 11 is 0. The number of hydrogen-bond acceptors (Lipinski definition) is 3. The molecule has 0 radical (unpaired) electrons. The van der Waals surface area contributed by atoms with Crippen molar-refractivity contribution in [2.45, 2.75) is 45.4 Å². The van der Waals surface area contributed by atoms with E-state index in [-0.39, 0.29) is 6.09 Å². The lowest BCUT2D eigenvalue weighted by Crippen LogP contribution is -2.39. The van der Waals surface area contributed by atoms with E-state index in [9.17, 15) is 9.90 Å². The van der Waals surface area contributed by atoms with Gasteiger partial charge < -0.3 is 14.7 Å². The number of aliphatic hydroxyl groups excluding tert-OH is 1. The molecule has 19 heavy (non-hydrogen) atoms. The van der Waals surface area contributed by atoms with Gasteiger partial charge in [0.25, 0.3) is 0 Å². The third kappa shape index (κ3) is 3.70. The standard InChI is InChI=1S/C15H21NO3/c1-15(2,3)19-14(18)16-9-12-7-5-4-6-11(12)8-13(17)10-16/h4-7,13,17H,8-10H2,1-3H3. The van der Waals surface area contributed by atoms with E-state index in [1.54, 1.807) is 4.90 Å². The first-order chi connectivity index (χ1) is 8.85. The van der Waals surface area contributed by atoms with E-state index in [0.29, 0.717) is 19.5 Å². The van der Waals surface area contributed by atoms with E-state index < -0.39 is 11.7 Å².